The zero-order chi connectivity index (χ0) is 26.0. The Kier molecular flexibility index (Phi) is 7.78. The van der Waals surface area contributed by atoms with E-state index in [9.17, 15) is 28.6 Å². The van der Waals surface area contributed by atoms with Gasteiger partial charge in [0.2, 0.25) is 5.91 Å². The molecular weight excluding hydrogens is 472 g/mol. The molecule has 0 radical (unpaired) electrons. The number of carbonyl (C=O) groups is 3. The number of nitrogens with one attached hydrogen (secondary N) is 1. The number of amides is 2. The second-order valence-corrected chi connectivity index (χ2v) is 11.7. The van der Waals surface area contributed by atoms with Gasteiger partial charge in [-0.25, -0.2) is 13.9 Å². The van der Waals surface area contributed by atoms with Gasteiger partial charge < -0.3 is 15.2 Å². The van der Waals surface area contributed by atoms with Crippen molar-refractivity contribution in [3.8, 4) is 0 Å². The van der Waals surface area contributed by atoms with Crippen LogP contribution < -0.4 is 5.32 Å². The highest BCUT2D eigenvalue weighted by Crippen LogP contribution is 2.65. The van der Waals surface area contributed by atoms with E-state index in [1.807, 2.05) is 18.2 Å². The van der Waals surface area contributed by atoms with Crippen LogP contribution in [-0.2, 0) is 27.4 Å². The summed E-state index contributed by atoms with van der Waals surface area (Å²) < 4.78 is 28.1. The van der Waals surface area contributed by atoms with Crippen LogP contribution in [0, 0.1) is 6.92 Å². The fraction of sp³-hybridized carbons (Fsp3) is 0.400. The topological polar surface area (TPSA) is 136 Å². The summed E-state index contributed by atoms with van der Waals surface area (Å²) in [7, 11) is -3.39. The molecule has 0 bridgehead atoms. The highest BCUT2D eigenvalue weighted by molar-refractivity contribution is 8.23. The van der Waals surface area contributed by atoms with Crippen LogP contribution in [0.1, 0.15) is 54.7 Å². The summed E-state index contributed by atoms with van der Waals surface area (Å²) in [6.45, 7) is 7.05. The van der Waals surface area contributed by atoms with Crippen LogP contribution in [0.15, 0.2) is 48.5 Å². The van der Waals surface area contributed by atoms with Crippen molar-refractivity contribution in [2.24, 2.45) is 0 Å². The number of ether oxygens (including phenoxy) is 1. The third-order valence-electron chi connectivity index (χ3n) is 5.77. The first kappa shape index (κ1) is 26.5. The summed E-state index contributed by atoms with van der Waals surface area (Å²) in [4.78, 5) is 36.5. The fourth-order valence-electron chi connectivity index (χ4n) is 4.26. The van der Waals surface area contributed by atoms with E-state index in [1.54, 1.807) is 58.0 Å². The predicted octanol–water partition coefficient (Wildman–Crippen LogP) is 4.65. The SMILES string of the molecule is Cc1cc(C[C@H](NC(=O)OCc2ccccc2)C(=O)O)ccc1C1CC(=O)N(C(C)(C)C)S1(O)O. The second kappa shape index (κ2) is 10.3. The summed E-state index contributed by atoms with van der Waals surface area (Å²) in [6.07, 6.45) is -0.854. The average molecular weight is 505 g/mol. The van der Waals surface area contributed by atoms with Gasteiger partial charge >= 0.3 is 12.1 Å². The van der Waals surface area contributed by atoms with Crippen LogP contribution in [0.25, 0.3) is 0 Å². The van der Waals surface area contributed by atoms with E-state index >= 15 is 0 Å². The molecule has 1 saturated heterocycles. The van der Waals surface area contributed by atoms with Crippen molar-refractivity contribution >= 4 is 28.7 Å². The van der Waals surface area contributed by atoms with Crippen molar-refractivity contribution in [1.29, 1.82) is 0 Å². The minimum atomic E-state index is -3.39. The molecule has 4 N–H and O–H groups in total. The quantitative estimate of drug-likeness (QED) is 0.431. The minimum absolute atomic E-state index is 0.00482. The highest BCUT2D eigenvalue weighted by Gasteiger charge is 2.50. The van der Waals surface area contributed by atoms with E-state index in [0.717, 1.165) is 5.56 Å². The van der Waals surface area contributed by atoms with E-state index in [-0.39, 0.29) is 25.4 Å². The maximum absolute atomic E-state index is 12.6. The number of hydrogen-bond acceptors (Lipinski definition) is 6. The highest BCUT2D eigenvalue weighted by atomic mass is 32.3. The normalized spacial score (nSPS) is 19.2. The van der Waals surface area contributed by atoms with Crippen molar-refractivity contribution in [2.45, 2.75) is 64.0 Å². The van der Waals surface area contributed by atoms with E-state index in [0.29, 0.717) is 16.7 Å². The maximum atomic E-state index is 12.6. The standard InChI is InChI=1S/C25H32N2O7S/c1-16-12-18(10-11-19(16)21-14-22(28)27(25(2,3)4)35(21,32)33)13-20(23(29)30)26-24(31)34-15-17-8-6-5-7-9-17/h5-12,20-21,32-33H,13-15H2,1-4H3,(H,26,31)(H,29,30)/t20-,21?/m0/s1. The minimum Gasteiger partial charge on any atom is -0.480 e. The monoisotopic (exact) mass is 504 g/mol. The van der Waals surface area contributed by atoms with Gasteiger partial charge in [-0.2, -0.15) is 0 Å². The van der Waals surface area contributed by atoms with Crippen LogP contribution in [0.5, 0.6) is 0 Å². The Balaban J connectivity index is 1.70. The molecule has 1 aliphatic heterocycles. The van der Waals surface area contributed by atoms with Crippen LogP contribution in [0.2, 0.25) is 0 Å². The number of alkyl carbamates (subject to hydrolysis) is 1. The van der Waals surface area contributed by atoms with Crippen molar-refractivity contribution in [1.82, 2.24) is 9.62 Å². The Morgan fingerprint density at radius 2 is 1.80 bits per heavy atom. The number of rotatable bonds is 7. The van der Waals surface area contributed by atoms with Gasteiger partial charge in [-0.1, -0.05) is 48.5 Å². The van der Waals surface area contributed by atoms with Gasteiger partial charge in [0.25, 0.3) is 0 Å². The lowest BCUT2D eigenvalue weighted by Gasteiger charge is -2.47. The molecule has 1 aliphatic rings. The number of hydrogen-bond donors (Lipinski definition) is 4. The first-order valence-corrected chi connectivity index (χ1v) is 12.8. The Morgan fingerprint density at radius 1 is 1.14 bits per heavy atom. The van der Waals surface area contributed by atoms with Crippen LogP contribution in [-0.4, -0.2) is 48.1 Å². The number of carboxylic acids is 1. The van der Waals surface area contributed by atoms with Gasteiger partial charge in [0.05, 0.1) is 12.0 Å². The number of benzene rings is 2. The number of nitrogens with zero attached hydrogens (tertiary/aromatic N) is 1. The summed E-state index contributed by atoms with van der Waals surface area (Å²) in [5.74, 6) is -1.53. The molecule has 1 unspecified atom stereocenters. The summed E-state index contributed by atoms with van der Waals surface area (Å²) in [5, 5.41) is 11.2. The molecule has 0 aromatic heterocycles. The summed E-state index contributed by atoms with van der Waals surface area (Å²) >= 11 is 0. The Bertz CT molecular complexity index is 1100. The number of carboxylic acid groups (broad SMARTS) is 1. The molecule has 2 aromatic rings. The average Bonchev–Trinajstić information content (AvgIpc) is 3.00. The van der Waals surface area contributed by atoms with Crippen molar-refractivity contribution in [3.05, 3.63) is 70.8 Å². The van der Waals surface area contributed by atoms with E-state index in [1.165, 1.54) is 4.31 Å². The molecule has 0 aliphatic carbocycles. The molecule has 0 saturated carbocycles. The smallest absolute Gasteiger partial charge is 0.408 e. The first-order valence-electron chi connectivity index (χ1n) is 11.2. The summed E-state index contributed by atoms with van der Waals surface area (Å²) in [5.41, 5.74) is 1.99. The van der Waals surface area contributed by atoms with Crippen molar-refractivity contribution < 1.29 is 33.3 Å². The zero-order valence-corrected chi connectivity index (χ0v) is 21.0. The lowest BCUT2D eigenvalue weighted by Crippen LogP contribution is -2.43. The first-order chi connectivity index (χ1) is 16.3. The Labute approximate surface area is 206 Å². The Morgan fingerprint density at radius 3 is 2.34 bits per heavy atom. The maximum Gasteiger partial charge on any atom is 0.408 e. The molecule has 2 amide bonds. The fourth-order valence-corrected chi connectivity index (χ4v) is 6.66. The van der Waals surface area contributed by atoms with Gasteiger partial charge in [-0.15, -0.1) is 10.8 Å². The third-order valence-corrected chi connectivity index (χ3v) is 8.24. The molecule has 1 heterocycles. The van der Waals surface area contributed by atoms with Gasteiger partial charge in [-0.3, -0.25) is 13.9 Å². The third kappa shape index (κ3) is 6.14. The molecule has 2 atom stereocenters. The molecule has 0 spiro atoms. The molecule has 1 fully saturated rings. The lowest BCUT2D eigenvalue weighted by molar-refractivity contribution is -0.139. The van der Waals surface area contributed by atoms with Crippen molar-refractivity contribution in [3.63, 3.8) is 0 Å². The van der Waals surface area contributed by atoms with Crippen molar-refractivity contribution in [2.75, 3.05) is 0 Å². The summed E-state index contributed by atoms with van der Waals surface area (Å²) in [6, 6.07) is 12.9. The number of aliphatic carboxylic acids is 1. The van der Waals surface area contributed by atoms with Gasteiger partial charge in [-0.05, 0) is 49.9 Å². The molecule has 35 heavy (non-hydrogen) atoms. The zero-order valence-electron chi connectivity index (χ0n) is 20.2. The predicted molar refractivity (Wildman–Crippen MR) is 133 cm³/mol. The van der Waals surface area contributed by atoms with Gasteiger partial charge in [0.15, 0.2) is 0 Å². The van der Waals surface area contributed by atoms with Gasteiger partial charge in [0, 0.05) is 6.42 Å². The largest absolute Gasteiger partial charge is 0.480 e. The number of carbonyl (C=O) groups excluding carboxylic acids is 2. The van der Waals surface area contributed by atoms with E-state index in [4.69, 9.17) is 4.74 Å². The Hall–Kier alpha value is -3.08. The molecule has 190 valence electrons. The molecule has 9 nitrogen and oxygen atoms in total. The molecular formula is C25H32N2O7S. The van der Waals surface area contributed by atoms with Gasteiger partial charge in [0.1, 0.15) is 17.9 Å². The lowest BCUT2D eigenvalue weighted by atomic mass is 9.97. The van der Waals surface area contributed by atoms with E-state index in [2.05, 4.69) is 5.32 Å². The molecule has 10 heteroatoms. The molecule has 2 aromatic carbocycles. The van der Waals surface area contributed by atoms with Crippen LogP contribution in [0.3, 0.4) is 0 Å². The van der Waals surface area contributed by atoms with Crippen LogP contribution in [0.4, 0.5) is 4.79 Å². The van der Waals surface area contributed by atoms with E-state index < -0.39 is 39.7 Å². The van der Waals surface area contributed by atoms with Crippen LogP contribution >= 0.6 is 10.8 Å². The number of aryl methyl sites for hydroxylation is 1. The second-order valence-electron chi connectivity index (χ2n) is 9.60. The molecule has 3 rings (SSSR count).